The molecule has 2 N–H and O–H groups in total. The molecule has 0 saturated carbocycles. The molecule has 0 saturated heterocycles. The first-order valence-corrected chi connectivity index (χ1v) is 4.65. The highest BCUT2D eigenvalue weighted by molar-refractivity contribution is 5.34. The summed E-state index contributed by atoms with van der Waals surface area (Å²) in [7, 11) is 0. The highest BCUT2D eigenvalue weighted by Gasteiger charge is 2.14. The number of hydrogen-bond donors (Lipinski definition) is 1. The van der Waals surface area contributed by atoms with Gasteiger partial charge in [0.05, 0.1) is 5.70 Å². The molecular formula is C12H12FN. The van der Waals surface area contributed by atoms with Crippen LogP contribution in [0.4, 0.5) is 4.39 Å². The average molecular weight is 189 g/mol. The van der Waals surface area contributed by atoms with Gasteiger partial charge in [-0.1, -0.05) is 36.4 Å². The Morgan fingerprint density at radius 2 is 1.93 bits per heavy atom. The molecule has 2 heteroatoms. The maximum Gasteiger partial charge on any atom is 0.142 e. The van der Waals surface area contributed by atoms with Gasteiger partial charge in [0, 0.05) is 5.92 Å². The Labute approximate surface area is 82.7 Å². The van der Waals surface area contributed by atoms with Crippen molar-refractivity contribution in [3.8, 4) is 0 Å². The van der Waals surface area contributed by atoms with Crippen molar-refractivity contribution < 1.29 is 4.39 Å². The van der Waals surface area contributed by atoms with E-state index in [1.165, 1.54) is 0 Å². The monoisotopic (exact) mass is 189 g/mol. The maximum absolute atomic E-state index is 13.2. The van der Waals surface area contributed by atoms with Crippen molar-refractivity contribution in [2.24, 2.45) is 5.73 Å². The van der Waals surface area contributed by atoms with E-state index in [0.717, 1.165) is 12.0 Å². The number of benzene rings is 1. The van der Waals surface area contributed by atoms with Crippen LogP contribution in [0.5, 0.6) is 0 Å². The predicted octanol–water partition coefficient (Wildman–Crippen LogP) is 2.87. The van der Waals surface area contributed by atoms with E-state index in [1.54, 1.807) is 12.2 Å². The summed E-state index contributed by atoms with van der Waals surface area (Å²) < 4.78 is 13.2. The minimum Gasteiger partial charge on any atom is -0.397 e. The zero-order valence-electron chi connectivity index (χ0n) is 7.78. The zero-order chi connectivity index (χ0) is 9.97. The van der Waals surface area contributed by atoms with Gasteiger partial charge in [-0.05, 0) is 18.1 Å². The van der Waals surface area contributed by atoms with Gasteiger partial charge in [-0.15, -0.1) is 0 Å². The first kappa shape index (κ1) is 9.00. The SMILES string of the molecule is NC1=CCC(c2ccccc2)C=C1F. The van der Waals surface area contributed by atoms with E-state index >= 15 is 0 Å². The fourth-order valence-corrected chi connectivity index (χ4v) is 1.62. The van der Waals surface area contributed by atoms with E-state index in [2.05, 4.69) is 0 Å². The van der Waals surface area contributed by atoms with Crippen molar-refractivity contribution in [3.05, 3.63) is 59.6 Å². The zero-order valence-corrected chi connectivity index (χ0v) is 7.78. The summed E-state index contributed by atoms with van der Waals surface area (Å²) in [5.74, 6) is -0.173. The Kier molecular flexibility index (Phi) is 2.35. The Morgan fingerprint density at radius 1 is 1.21 bits per heavy atom. The molecule has 1 aromatic rings. The quantitative estimate of drug-likeness (QED) is 0.722. The lowest BCUT2D eigenvalue weighted by Crippen LogP contribution is -2.06. The third-order valence-electron chi connectivity index (χ3n) is 2.44. The second-order valence-corrected chi connectivity index (χ2v) is 3.43. The molecule has 0 amide bonds. The molecule has 1 nitrogen and oxygen atoms in total. The van der Waals surface area contributed by atoms with Crippen molar-refractivity contribution in [1.29, 1.82) is 0 Å². The molecule has 2 rings (SSSR count). The van der Waals surface area contributed by atoms with Crippen LogP contribution >= 0.6 is 0 Å². The van der Waals surface area contributed by atoms with E-state index in [4.69, 9.17) is 5.73 Å². The van der Waals surface area contributed by atoms with Crippen molar-refractivity contribution in [3.63, 3.8) is 0 Å². The predicted molar refractivity (Wildman–Crippen MR) is 55.3 cm³/mol. The van der Waals surface area contributed by atoms with Crippen LogP contribution < -0.4 is 5.73 Å². The standard InChI is InChI=1S/C12H12FN/c13-11-8-10(6-7-12(11)14)9-4-2-1-3-5-9/h1-5,7-8,10H,6,14H2. The molecule has 14 heavy (non-hydrogen) atoms. The van der Waals surface area contributed by atoms with Crippen LogP contribution in [-0.2, 0) is 0 Å². The molecule has 0 fully saturated rings. The molecule has 0 aliphatic heterocycles. The summed E-state index contributed by atoms with van der Waals surface area (Å²) >= 11 is 0. The first-order chi connectivity index (χ1) is 6.77. The summed E-state index contributed by atoms with van der Waals surface area (Å²) in [5.41, 5.74) is 6.83. The van der Waals surface area contributed by atoms with Crippen LogP contribution in [-0.4, -0.2) is 0 Å². The smallest absolute Gasteiger partial charge is 0.142 e. The van der Waals surface area contributed by atoms with Crippen LogP contribution in [0, 0.1) is 0 Å². The van der Waals surface area contributed by atoms with E-state index in [-0.39, 0.29) is 17.4 Å². The summed E-state index contributed by atoms with van der Waals surface area (Å²) in [5, 5.41) is 0. The minimum atomic E-state index is -0.301. The molecule has 1 unspecified atom stereocenters. The molecule has 0 radical (unpaired) electrons. The topological polar surface area (TPSA) is 26.0 Å². The Morgan fingerprint density at radius 3 is 2.57 bits per heavy atom. The normalized spacial score (nSPS) is 21.4. The summed E-state index contributed by atoms with van der Waals surface area (Å²) in [4.78, 5) is 0. The van der Waals surface area contributed by atoms with E-state index < -0.39 is 0 Å². The van der Waals surface area contributed by atoms with Gasteiger partial charge in [0.15, 0.2) is 0 Å². The lowest BCUT2D eigenvalue weighted by atomic mass is 9.91. The van der Waals surface area contributed by atoms with Gasteiger partial charge in [0.2, 0.25) is 0 Å². The fraction of sp³-hybridized carbons (Fsp3) is 0.167. The largest absolute Gasteiger partial charge is 0.397 e. The second-order valence-electron chi connectivity index (χ2n) is 3.43. The lowest BCUT2D eigenvalue weighted by Gasteiger charge is -2.16. The number of allylic oxidation sites excluding steroid dienone is 3. The first-order valence-electron chi connectivity index (χ1n) is 4.65. The van der Waals surface area contributed by atoms with Gasteiger partial charge in [-0.2, -0.15) is 0 Å². The van der Waals surface area contributed by atoms with Crippen molar-refractivity contribution >= 4 is 0 Å². The van der Waals surface area contributed by atoms with Crippen LogP contribution in [0.15, 0.2) is 54.0 Å². The molecule has 0 bridgehead atoms. The van der Waals surface area contributed by atoms with Gasteiger partial charge >= 0.3 is 0 Å². The number of rotatable bonds is 1. The molecule has 1 aliphatic carbocycles. The van der Waals surface area contributed by atoms with Crippen molar-refractivity contribution in [1.82, 2.24) is 0 Å². The minimum absolute atomic E-state index is 0.128. The number of nitrogens with two attached hydrogens (primary N) is 1. The van der Waals surface area contributed by atoms with E-state index in [9.17, 15) is 4.39 Å². The van der Waals surface area contributed by atoms with Crippen molar-refractivity contribution in [2.45, 2.75) is 12.3 Å². The highest BCUT2D eigenvalue weighted by atomic mass is 19.1. The third-order valence-corrected chi connectivity index (χ3v) is 2.44. The van der Waals surface area contributed by atoms with Gasteiger partial charge in [0.25, 0.3) is 0 Å². The molecule has 1 atom stereocenters. The molecule has 1 aliphatic rings. The summed E-state index contributed by atoms with van der Waals surface area (Å²) in [6.45, 7) is 0. The fourth-order valence-electron chi connectivity index (χ4n) is 1.62. The Bertz CT molecular complexity index is 379. The van der Waals surface area contributed by atoms with E-state index in [0.29, 0.717) is 0 Å². The van der Waals surface area contributed by atoms with Gasteiger partial charge in [-0.25, -0.2) is 4.39 Å². The molecule has 0 aromatic heterocycles. The van der Waals surface area contributed by atoms with Crippen molar-refractivity contribution in [2.75, 3.05) is 0 Å². The number of halogens is 1. The summed E-state index contributed by atoms with van der Waals surface area (Å²) in [6.07, 6.45) is 4.11. The van der Waals surface area contributed by atoms with Crippen LogP contribution in [0.2, 0.25) is 0 Å². The Balaban J connectivity index is 2.25. The van der Waals surface area contributed by atoms with Crippen LogP contribution in [0.1, 0.15) is 17.9 Å². The van der Waals surface area contributed by atoms with Gasteiger partial charge < -0.3 is 5.73 Å². The van der Waals surface area contributed by atoms with Gasteiger partial charge in [-0.3, -0.25) is 0 Å². The summed E-state index contributed by atoms with van der Waals surface area (Å²) in [6, 6.07) is 9.88. The average Bonchev–Trinajstić information content (AvgIpc) is 2.23. The van der Waals surface area contributed by atoms with Crippen LogP contribution in [0.3, 0.4) is 0 Å². The molecule has 0 heterocycles. The van der Waals surface area contributed by atoms with Gasteiger partial charge in [0.1, 0.15) is 5.83 Å². The Hall–Kier alpha value is -1.57. The molecule has 0 spiro atoms. The second kappa shape index (κ2) is 3.66. The third kappa shape index (κ3) is 1.69. The number of hydrogen-bond acceptors (Lipinski definition) is 1. The maximum atomic E-state index is 13.2. The lowest BCUT2D eigenvalue weighted by molar-refractivity contribution is 0.619. The molecular weight excluding hydrogens is 177 g/mol. The molecule has 72 valence electrons. The molecule has 1 aromatic carbocycles. The highest BCUT2D eigenvalue weighted by Crippen LogP contribution is 2.29. The van der Waals surface area contributed by atoms with Crippen LogP contribution in [0.25, 0.3) is 0 Å². The van der Waals surface area contributed by atoms with E-state index in [1.807, 2.05) is 30.3 Å².